The van der Waals surface area contributed by atoms with E-state index in [0.717, 1.165) is 11.8 Å². The van der Waals surface area contributed by atoms with Gasteiger partial charge in [0.25, 0.3) is 0 Å². The average molecular weight is 162 g/mol. The zero-order valence-electron chi connectivity index (χ0n) is 5.55. The molecule has 1 N–H and O–H groups in total. The van der Waals surface area contributed by atoms with Crippen LogP contribution in [0, 0.1) is 6.92 Å². The fourth-order valence-electron chi connectivity index (χ4n) is 0.234. The highest BCUT2D eigenvalue weighted by Gasteiger charge is 1.97. The van der Waals surface area contributed by atoms with Crippen LogP contribution in [0.5, 0.6) is 0 Å². The van der Waals surface area contributed by atoms with Crippen molar-refractivity contribution in [2.45, 2.75) is 0 Å². The van der Waals surface area contributed by atoms with Gasteiger partial charge in [0.2, 0.25) is 5.91 Å². The van der Waals surface area contributed by atoms with Crippen LogP contribution in [-0.2, 0) is 9.53 Å². The first-order chi connectivity index (χ1) is 4.66. The maximum atomic E-state index is 10.4. The van der Waals surface area contributed by atoms with E-state index in [1.54, 1.807) is 6.26 Å². The Morgan fingerprint density at radius 3 is 2.70 bits per heavy atom. The zero-order chi connectivity index (χ0) is 7.98. The van der Waals surface area contributed by atoms with E-state index in [1.807, 2.05) is 0 Å². The second-order valence-electron chi connectivity index (χ2n) is 1.34. The molecule has 5 heteroatoms. The van der Waals surface area contributed by atoms with E-state index in [0.29, 0.717) is 0 Å². The summed E-state index contributed by atoms with van der Waals surface area (Å²) in [4.78, 5) is 20.5. The van der Waals surface area contributed by atoms with Gasteiger partial charge in [0.1, 0.15) is 0 Å². The first-order valence-corrected chi connectivity index (χ1v) is 3.70. The van der Waals surface area contributed by atoms with E-state index < -0.39 is 11.2 Å². The SMILES string of the molecule is [CH2]C(=O)NCOC(=O)SC. The molecule has 0 aliphatic heterocycles. The lowest BCUT2D eigenvalue weighted by molar-refractivity contribution is -0.117. The standard InChI is InChI=1S/C5H8NO3S/c1-4(7)6-3-9-5(8)10-2/h1,3H2,2H3,(H,6,7). The Morgan fingerprint density at radius 2 is 2.30 bits per heavy atom. The van der Waals surface area contributed by atoms with Gasteiger partial charge in [0, 0.05) is 6.92 Å². The van der Waals surface area contributed by atoms with Crippen molar-refractivity contribution in [3.05, 3.63) is 6.92 Å². The molecular formula is C5H8NO3S. The Labute approximate surface area is 63.3 Å². The third-order valence-electron chi connectivity index (χ3n) is 0.626. The average Bonchev–Trinajstić information content (AvgIpc) is 1.87. The van der Waals surface area contributed by atoms with Crippen LogP contribution in [0.4, 0.5) is 4.79 Å². The van der Waals surface area contributed by atoms with Crippen LogP contribution in [0.1, 0.15) is 0 Å². The number of rotatable bonds is 2. The molecule has 1 radical (unpaired) electrons. The Hall–Kier alpha value is -0.710. The zero-order valence-corrected chi connectivity index (χ0v) is 6.36. The Bertz CT molecular complexity index is 137. The topological polar surface area (TPSA) is 55.4 Å². The highest BCUT2D eigenvalue weighted by atomic mass is 32.2. The molecule has 0 saturated carbocycles. The molecule has 0 saturated heterocycles. The smallest absolute Gasteiger partial charge is 0.368 e. The van der Waals surface area contributed by atoms with E-state index in [-0.39, 0.29) is 6.73 Å². The summed E-state index contributed by atoms with van der Waals surface area (Å²) in [5.41, 5.74) is 0. The molecule has 4 nitrogen and oxygen atoms in total. The van der Waals surface area contributed by atoms with Crippen LogP contribution in [0.2, 0.25) is 0 Å². The van der Waals surface area contributed by atoms with Gasteiger partial charge in [-0.15, -0.1) is 0 Å². The van der Waals surface area contributed by atoms with Crippen LogP contribution in [-0.4, -0.2) is 24.2 Å². The van der Waals surface area contributed by atoms with Gasteiger partial charge < -0.3 is 10.1 Å². The molecule has 0 unspecified atom stereocenters. The van der Waals surface area contributed by atoms with Gasteiger partial charge in [-0.25, -0.2) is 4.79 Å². The van der Waals surface area contributed by atoms with Crippen LogP contribution in [0.25, 0.3) is 0 Å². The predicted octanol–water partition coefficient (Wildman–Crippen LogP) is 0.394. The molecule has 0 heterocycles. The summed E-state index contributed by atoms with van der Waals surface area (Å²) in [5.74, 6) is -0.464. The van der Waals surface area contributed by atoms with E-state index in [2.05, 4.69) is 17.0 Å². The van der Waals surface area contributed by atoms with Crippen molar-refractivity contribution in [3.8, 4) is 0 Å². The number of nitrogens with one attached hydrogen (secondary N) is 1. The lowest BCUT2D eigenvalue weighted by Crippen LogP contribution is -2.24. The lowest BCUT2D eigenvalue weighted by atomic mass is 10.7. The second-order valence-corrected chi connectivity index (χ2v) is 2.08. The molecule has 0 rings (SSSR count). The highest BCUT2D eigenvalue weighted by Crippen LogP contribution is 1.96. The minimum atomic E-state index is -0.464. The summed E-state index contributed by atoms with van der Waals surface area (Å²) in [5, 5.41) is 1.78. The normalized spacial score (nSPS) is 8.60. The summed E-state index contributed by atoms with van der Waals surface area (Å²) < 4.78 is 4.45. The second kappa shape index (κ2) is 5.10. The lowest BCUT2D eigenvalue weighted by Gasteiger charge is -2.01. The van der Waals surface area contributed by atoms with Crippen molar-refractivity contribution >= 4 is 23.0 Å². The molecule has 0 fully saturated rings. The molecule has 0 aromatic rings. The fourth-order valence-corrected chi connectivity index (χ4v) is 0.411. The van der Waals surface area contributed by atoms with Gasteiger partial charge >= 0.3 is 5.30 Å². The van der Waals surface area contributed by atoms with Crippen molar-refractivity contribution < 1.29 is 14.3 Å². The number of ether oxygens (including phenoxy) is 1. The third kappa shape index (κ3) is 5.43. The van der Waals surface area contributed by atoms with Crippen molar-refractivity contribution in [1.29, 1.82) is 0 Å². The van der Waals surface area contributed by atoms with Gasteiger partial charge in [0.15, 0.2) is 6.73 Å². The van der Waals surface area contributed by atoms with Crippen molar-refractivity contribution in [2.24, 2.45) is 0 Å². The fraction of sp³-hybridized carbons (Fsp3) is 0.400. The summed E-state index contributed by atoms with van der Waals surface area (Å²) in [6.45, 7) is 2.90. The maximum absolute atomic E-state index is 10.4. The molecular weight excluding hydrogens is 154 g/mol. The van der Waals surface area contributed by atoms with E-state index >= 15 is 0 Å². The predicted molar refractivity (Wildman–Crippen MR) is 38.4 cm³/mol. The molecule has 0 atom stereocenters. The van der Waals surface area contributed by atoms with E-state index in [4.69, 9.17) is 0 Å². The number of thioether (sulfide) groups is 1. The molecule has 1 amide bonds. The molecule has 0 aromatic carbocycles. The number of carbonyl (C=O) groups excluding carboxylic acids is 2. The largest absolute Gasteiger partial charge is 0.436 e. The van der Waals surface area contributed by atoms with Gasteiger partial charge in [0.05, 0.1) is 0 Å². The molecule has 57 valence electrons. The maximum Gasteiger partial charge on any atom is 0.368 e. The number of carbonyl (C=O) groups is 2. The van der Waals surface area contributed by atoms with Crippen molar-refractivity contribution in [2.75, 3.05) is 13.0 Å². The van der Waals surface area contributed by atoms with Gasteiger partial charge in [-0.05, 0) is 18.0 Å². The first kappa shape index (κ1) is 9.29. The quantitative estimate of drug-likeness (QED) is 0.471. The Morgan fingerprint density at radius 1 is 1.70 bits per heavy atom. The first-order valence-electron chi connectivity index (χ1n) is 2.47. The highest BCUT2D eigenvalue weighted by molar-refractivity contribution is 8.12. The van der Waals surface area contributed by atoms with Crippen molar-refractivity contribution in [1.82, 2.24) is 5.32 Å². The van der Waals surface area contributed by atoms with Crippen LogP contribution in [0.15, 0.2) is 0 Å². The van der Waals surface area contributed by atoms with E-state index in [1.165, 1.54) is 0 Å². The number of amides is 1. The molecule has 0 spiro atoms. The van der Waals surface area contributed by atoms with Crippen LogP contribution in [0.3, 0.4) is 0 Å². The summed E-state index contributed by atoms with van der Waals surface area (Å²) in [7, 11) is 0. The van der Waals surface area contributed by atoms with Gasteiger partial charge in [-0.3, -0.25) is 4.79 Å². The number of hydrogen-bond donors (Lipinski definition) is 1. The van der Waals surface area contributed by atoms with E-state index in [9.17, 15) is 9.59 Å². The Balaban J connectivity index is 3.20. The van der Waals surface area contributed by atoms with Gasteiger partial charge in [-0.1, -0.05) is 0 Å². The summed E-state index contributed by atoms with van der Waals surface area (Å²) in [6, 6.07) is 0. The number of hydrogen-bond acceptors (Lipinski definition) is 4. The summed E-state index contributed by atoms with van der Waals surface area (Å²) >= 11 is 0.944. The third-order valence-corrected chi connectivity index (χ3v) is 1.08. The molecule has 0 aromatic heterocycles. The van der Waals surface area contributed by atoms with Crippen LogP contribution >= 0.6 is 11.8 Å². The summed E-state index contributed by atoms with van der Waals surface area (Å²) in [6.07, 6.45) is 1.59. The molecule has 0 aliphatic rings. The molecule has 10 heavy (non-hydrogen) atoms. The van der Waals surface area contributed by atoms with Crippen LogP contribution < -0.4 is 5.32 Å². The minimum absolute atomic E-state index is 0.109. The van der Waals surface area contributed by atoms with Crippen molar-refractivity contribution in [3.63, 3.8) is 0 Å². The monoisotopic (exact) mass is 162 g/mol. The minimum Gasteiger partial charge on any atom is -0.436 e. The Kier molecular flexibility index (Phi) is 4.74. The van der Waals surface area contributed by atoms with Gasteiger partial charge in [-0.2, -0.15) is 0 Å². The molecule has 0 aliphatic carbocycles. The molecule has 0 bridgehead atoms.